The molecule has 2 nitrogen and oxygen atoms in total. The number of unbranched alkanes of at least 4 members (excludes halogenated alkanes) is 1. The summed E-state index contributed by atoms with van der Waals surface area (Å²) in [5, 5.41) is 0. The highest BCUT2D eigenvalue weighted by Crippen LogP contribution is 2.19. The van der Waals surface area contributed by atoms with Crippen LogP contribution < -0.4 is 0 Å². The van der Waals surface area contributed by atoms with E-state index in [0.29, 0.717) is 25.7 Å². The second-order valence-electron chi connectivity index (χ2n) is 4.34. The van der Waals surface area contributed by atoms with Crippen LogP contribution in [0.5, 0.6) is 0 Å². The number of carbonyl (C=O) groups is 2. The summed E-state index contributed by atoms with van der Waals surface area (Å²) in [5.74, 6) is 0.268. The Morgan fingerprint density at radius 2 is 1.92 bits per heavy atom. The van der Waals surface area contributed by atoms with Gasteiger partial charge in [-0.2, -0.15) is 0 Å². The largest absolute Gasteiger partial charge is 0.303 e. The number of Topliss-reactive ketones (excluding diaryl/α,β-unsaturated/α-hetero) is 1. The second kappa shape index (κ2) is 5.07. The van der Waals surface area contributed by atoms with E-state index >= 15 is 0 Å². The molecule has 0 aromatic carbocycles. The smallest absolute Gasteiger partial charge is 0.133 e. The van der Waals surface area contributed by atoms with Crippen LogP contribution in [0.2, 0.25) is 0 Å². The first-order chi connectivity index (χ1) is 5.45. The minimum atomic E-state index is 0.0816. The predicted molar refractivity (Wildman–Crippen MR) is 49.0 cm³/mol. The molecule has 12 heavy (non-hydrogen) atoms. The molecule has 0 aliphatic carbocycles. The van der Waals surface area contributed by atoms with E-state index in [0.717, 1.165) is 6.29 Å². The fourth-order valence-corrected chi connectivity index (χ4v) is 1.06. The monoisotopic (exact) mass is 170 g/mol. The van der Waals surface area contributed by atoms with E-state index in [1.54, 1.807) is 0 Å². The summed E-state index contributed by atoms with van der Waals surface area (Å²) in [4.78, 5) is 21.2. The third-order valence-electron chi connectivity index (χ3n) is 1.51. The van der Waals surface area contributed by atoms with Gasteiger partial charge in [-0.15, -0.1) is 0 Å². The van der Waals surface area contributed by atoms with Crippen molar-refractivity contribution in [2.24, 2.45) is 5.41 Å². The standard InChI is InChI=1S/C10H18O2/c1-10(2,3)8-9(12)6-4-5-7-11/h7H,4-6,8H2,1-3H3. The highest BCUT2D eigenvalue weighted by molar-refractivity contribution is 5.79. The zero-order valence-electron chi connectivity index (χ0n) is 8.22. The Bertz CT molecular complexity index is 154. The summed E-state index contributed by atoms with van der Waals surface area (Å²) in [5.41, 5.74) is 0.0816. The van der Waals surface area contributed by atoms with Crippen LogP contribution in [0.1, 0.15) is 46.5 Å². The van der Waals surface area contributed by atoms with Gasteiger partial charge < -0.3 is 4.79 Å². The molecular formula is C10H18O2. The highest BCUT2D eigenvalue weighted by atomic mass is 16.1. The summed E-state index contributed by atoms with van der Waals surface area (Å²) < 4.78 is 0. The molecular weight excluding hydrogens is 152 g/mol. The first-order valence-corrected chi connectivity index (χ1v) is 4.41. The van der Waals surface area contributed by atoms with Crippen molar-refractivity contribution in [1.82, 2.24) is 0 Å². The average molecular weight is 170 g/mol. The van der Waals surface area contributed by atoms with Gasteiger partial charge in [-0.3, -0.25) is 4.79 Å². The molecule has 0 aliphatic heterocycles. The molecule has 2 heteroatoms. The normalized spacial score (nSPS) is 11.2. The summed E-state index contributed by atoms with van der Waals surface area (Å²) >= 11 is 0. The van der Waals surface area contributed by atoms with Gasteiger partial charge in [-0.1, -0.05) is 20.8 Å². The Hall–Kier alpha value is -0.660. The molecule has 0 heterocycles. The van der Waals surface area contributed by atoms with Crippen molar-refractivity contribution in [3.05, 3.63) is 0 Å². The van der Waals surface area contributed by atoms with Gasteiger partial charge in [0.25, 0.3) is 0 Å². The van der Waals surface area contributed by atoms with Crippen LogP contribution in [0.15, 0.2) is 0 Å². The van der Waals surface area contributed by atoms with Crippen molar-refractivity contribution in [3.8, 4) is 0 Å². The quantitative estimate of drug-likeness (QED) is 0.469. The predicted octanol–water partition coefficient (Wildman–Crippen LogP) is 2.36. The molecule has 0 saturated carbocycles. The highest BCUT2D eigenvalue weighted by Gasteiger charge is 2.14. The van der Waals surface area contributed by atoms with Crippen molar-refractivity contribution < 1.29 is 9.59 Å². The molecule has 0 aromatic heterocycles. The van der Waals surface area contributed by atoms with Crippen LogP contribution in [0.4, 0.5) is 0 Å². The Morgan fingerprint density at radius 3 is 2.33 bits per heavy atom. The molecule has 0 saturated heterocycles. The average Bonchev–Trinajstić information content (AvgIpc) is 1.84. The van der Waals surface area contributed by atoms with Gasteiger partial charge in [0.05, 0.1) is 0 Å². The molecule has 0 aromatic rings. The van der Waals surface area contributed by atoms with Gasteiger partial charge in [0.15, 0.2) is 0 Å². The maximum Gasteiger partial charge on any atom is 0.133 e. The zero-order chi connectivity index (χ0) is 9.61. The van der Waals surface area contributed by atoms with Gasteiger partial charge >= 0.3 is 0 Å². The summed E-state index contributed by atoms with van der Waals surface area (Å²) in [6.45, 7) is 6.14. The van der Waals surface area contributed by atoms with Gasteiger partial charge in [0.1, 0.15) is 12.1 Å². The number of ketones is 1. The van der Waals surface area contributed by atoms with Crippen molar-refractivity contribution in [3.63, 3.8) is 0 Å². The van der Waals surface area contributed by atoms with Crippen LogP contribution in [0.3, 0.4) is 0 Å². The maximum atomic E-state index is 11.2. The van der Waals surface area contributed by atoms with Crippen molar-refractivity contribution >= 4 is 12.1 Å². The number of hydrogen-bond donors (Lipinski definition) is 0. The van der Waals surface area contributed by atoms with Crippen LogP contribution in [-0.2, 0) is 9.59 Å². The van der Waals surface area contributed by atoms with Crippen LogP contribution >= 0.6 is 0 Å². The first-order valence-electron chi connectivity index (χ1n) is 4.41. The lowest BCUT2D eigenvalue weighted by molar-refractivity contribution is -0.120. The van der Waals surface area contributed by atoms with Gasteiger partial charge in [-0.05, 0) is 11.8 Å². The van der Waals surface area contributed by atoms with Crippen LogP contribution in [0, 0.1) is 5.41 Å². The molecule has 0 rings (SSSR count). The number of hydrogen-bond acceptors (Lipinski definition) is 2. The van der Waals surface area contributed by atoms with Gasteiger partial charge in [-0.25, -0.2) is 0 Å². The molecule has 0 fully saturated rings. The first kappa shape index (κ1) is 11.3. The SMILES string of the molecule is CC(C)(C)CC(=O)CCCC=O. The Kier molecular flexibility index (Phi) is 4.79. The van der Waals surface area contributed by atoms with Crippen molar-refractivity contribution in [1.29, 1.82) is 0 Å². The molecule has 0 N–H and O–H groups in total. The molecule has 0 amide bonds. The van der Waals surface area contributed by atoms with Crippen molar-refractivity contribution in [2.45, 2.75) is 46.5 Å². The number of rotatable bonds is 5. The zero-order valence-corrected chi connectivity index (χ0v) is 8.22. The van der Waals surface area contributed by atoms with Crippen molar-refractivity contribution in [2.75, 3.05) is 0 Å². The van der Waals surface area contributed by atoms with E-state index in [2.05, 4.69) is 0 Å². The molecule has 0 bridgehead atoms. The van der Waals surface area contributed by atoms with Gasteiger partial charge in [0.2, 0.25) is 0 Å². The molecule has 0 spiro atoms. The lowest BCUT2D eigenvalue weighted by atomic mass is 9.89. The topological polar surface area (TPSA) is 34.1 Å². The second-order valence-corrected chi connectivity index (χ2v) is 4.34. The third-order valence-corrected chi connectivity index (χ3v) is 1.51. The Balaban J connectivity index is 3.53. The molecule has 0 radical (unpaired) electrons. The maximum absolute atomic E-state index is 11.2. The summed E-state index contributed by atoms with van der Waals surface area (Å²) in [6, 6.07) is 0. The fraction of sp³-hybridized carbons (Fsp3) is 0.800. The third kappa shape index (κ3) is 7.45. The minimum absolute atomic E-state index is 0.0816. The molecule has 0 unspecified atom stereocenters. The fourth-order valence-electron chi connectivity index (χ4n) is 1.06. The lowest BCUT2D eigenvalue weighted by Gasteiger charge is -2.16. The van der Waals surface area contributed by atoms with Gasteiger partial charge in [0, 0.05) is 19.3 Å². The number of aldehydes is 1. The van der Waals surface area contributed by atoms with E-state index in [9.17, 15) is 9.59 Å². The van der Waals surface area contributed by atoms with E-state index < -0.39 is 0 Å². The molecule has 70 valence electrons. The molecule has 0 atom stereocenters. The number of carbonyl (C=O) groups excluding carboxylic acids is 2. The summed E-state index contributed by atoms with van der Waals surface area (Å²) in [7, 11) is 0. The lowest BCUT2D eigenvalue weighted by Crippen LogP contribution is -2.12. The van der Waals surface area contributed by atoms with E-state index in [-0.39, 0.29) is 11.2 Å². The van der Waals surface area contributed by atoms with Crippen LogP contribution in [0.25, 0.3) is 0 Å². The minimum Gasteiger partial charge on any atom is -0.303 e. The van der Waals surface area contributed by atoms with Crippen LogP contribution in [-0.4, -0.2) is 12.1 Å². The Morgan fingerprint density at radius 1 is 1.33 bits per heavy atom. The van der Waals surface area contributed by atoms with E-state index in [1.165, 1.54) is 0 Å². The van der Waals surface area contributed by atoms with E-state index in [4.69, 9.17) is 0 Å². The Labute approximate surface area is 74.3 Å². The summed E-state index contributed by atoms with van der Waals surface area (Å²) in [6.07, 6.45) is 3.25. The molecule has 0 aliphatic rings. The van der Waals surface area contributed by atoms with E-state index in [1.807, 2.05) is 20.8 Å².